The summed E-state index contributed by atoms with van der Waals surface area (Å²) in [7, 11) is 0. The van der Waals surface area contributed by atoms with E-state index >= 15 is 0 Å². The van der Waals surface area contributed by atoms with Gasteiger partial charge in [0.1, 0.15) is 4.99 Å². The van der Waals surface area contributed by atoms with E-state index in [0.717, 1.165) is 25.9 Å². The first-order valence-corrected chi connectivity index (χ1v) is 7.60. The Balaban J connectivity index is 2.44. The Labute approximate surface area is 134 Å². The number of thiocarbonyl (C=S) groups is 1. The number of halogens is 2. The Hall–Kier alpha value is -0.910. The van der Waals surface area contributed by atoms with Crippen molar-refractivity contribution in [2.75, 3.05) is 5.32 Å². The quantitative estimate of drug-likeness (QED) is 0.721. The third-order valence-electron chi connectivity index (χ3n) is 2.65. The van der Waals surface area contributed by atoms with Gasteiger partial charge in [0.15, 0.2) is 0 Å². The fourth-order valence-electron chi connectivity index (χ4n) is 1.75. The van der Waals surface area contributed by atoms with Crippen molar-refractivity contribution in [3.8, 4) is 0 Å². The molecule has 3 N–H and O–H groups in total. The minimum atomic E-state index is 0.359. The molecule has 0 aromatic heterocycles. The third-order valence-corrected chi connectivity index (χ3v) is 4.17. The van der Waals surface area contributed by atoms with Gasteiger partial charge < -0.3 is 11.1 Å². The summed E-state index contributed by atoms with van der Waals surface area (Å²) in [5.74, 6) is 0. The number of benzene rings is 2. The minimum absolute atomic E-state index is 0.359. The van der Waals surface area contributed by atoms with Gasteiger partial charge in [-0.15, -0.1) is 0 Å². The molecule has 2 rings (SSSR count). The molecule has 0 heterocycles. The van der Waals surface area contributed by atoms with Gasteiger partial charge in [-0.2, -0.15) is 0 Å². The summed E-state index contributed by atoms with van der Waals surface area (Å²) >= 11 is 12.1. The van der Waals surface area contributed by atoms with Crippen LogP contribution >= 0.6 is 44.1 Å². The predicted octanol–water partition coefficient (Wildman–Crippen LogP) is 4.90. The number of rotatable bonds is 3. The predicted molar refractivity (Wildman–Crippen MR) is 92.2 cm³/mol. The maximum absolute atomic E-state index is 5.78. The summed E-state index contributed by atoms with van der Waals surface area (Å²) in [6, 6.07) is 11.9. The molecule has 0 unspecified atom stereocenters. The van der Waals surface area contributed by atoms with Crippen LogP contribution < -0.4 is 11.1 Å². The van der Waals surface area contributed by atoms with E-state index in [1.165, 1.54) is 5.56 Å². The molecule has 0 aliphatic carbocycles. The molecular weight excluding hydrogens is 388 g/mol. The fraction of sp³-hybridized carbons (Fsp3) is 0.0714. The van der Waals surface area contributed by atoms with Crippen LogP contribution in [-0.4, -0.2) is 4.99 Å². The van der Waals surface area contributed by atoms with Gasteiger partial charge in [-0.05, 0) is 68.6 Å². The maximum Gasteiger partial charge on any atom is 0.107 e. The van der Waals surface area contributed by atoms with Gasteiger partial charge in [-0.1, -0.05) is 24.4 Å². The number of aryl methyl sites for hydroxylation is 1. The molecule has 0 fully saturated rings. The summed E-state index contributed by atoms with van der Waals surface area (Å²) in [4.78, 5) is 0.359. The standard InChI is InChI=1S/C14H12Br2N2S/c1-8-5-6-11(10(16)7-8)18-12-4-2-3-9(15)13(12)14(17)19/h2-7,18H,1H3,(H2,17,19). The van der Waals surface area contributed by atoms with Crippen LogP contribution in [0.3, 0.4) is 0 Å². The molecule has 0 saturated carbocycles. The lowest BCUT2D eigenvalue weighted by Gasteiger charge is -2.14. The van der Waals surface area contributed by atoms with Crippen molar-refractivity contribution in [1.29, 1.82) is 0 Å². The van der Waals surface area contributed by atoms with Crippen molar-refractivity contribution in [3.63, 3.8) is 0 Å². The van der Waals surface area contributed by atoms with Crippen LogP contribution in [-0.2, 0) is 0 Å². The van der Waals surface area contributed by atoms with Crippen molar-refractivity contribution in [2.45, 2.75) is 6.92 Å². The van der Waals surface area contributed by atoms with Crippen molar-refractivity contribution >= 4 is 60.4 Å². The molecule has 0 atom stereocenters. The normalized spacial score (nSPS) is 10.3. The molecular formula is C14H12Br2N2S. The van der Waals surface area contributed by atoms with E-state index in [-0.39, 0.29) is 0 Å². The monoisotopic (exact) mass is 398 g/mol. The van der Waals surface area contributed by atoms with Crippen LogP contribution in [0.5, 0.6) is 0 Å². The van der Waals surface area contributed by atoms with Gasteiger partial charge in [0.05, 0.1) is 5.69 Å². The Morgan fingerprint density at radius 2 is 1.84 bits per heavy atom. The Morgan fingerprint density at radius 3 is 2.47 bits per heavy atom. The molecule has 0 radical (unpaired) electrons. The zero-order valence-corrected chi connectivity index (χ0v) is 14.2. The molecule has 5 heteroatoms. The van der Waals surface area contributed by atoms with Crippen LogP contribution in [0.4, 0.5) is 11.4 Å². The van der Waals surface area contributed by atoms with E-state index in [0.29, 0.717) is 4.99 Å². The molecule has 2 aromatic carbocycles. The van der Waals surface area contributed by atoms with E-state index in [9.17, 15) is 0 Å². The van der Waals surface area contributed by atoms with Gasteiger partial charge in [0.25, 0.3) is 0 Å². The highest BCUT2D eigenvalue weighted by molar-refractivity contribution is 9.11. The number of hydrogen-bond acceptors (Lipinski definition) is 2. The van der Waals surface area contributed by atoms with Crippen LogP contribution in [0.2, 0.25) is 0 Å². The largest absolute Gasteiger partial charge is 0.389 e. The highest BCUT2D eigenvalue weighted by atomic mass is 79.9. The third kappa shape index (κ3) is 3.35. The molecule has 0 saturated heterocycles. The average molecular weight is 400 g/mol. The van der Waals surface area contributed by atoms with Gasteiger partial charge in [-0.3, -0.25) is 0 Å². The molecule has 0 aliphatic rings. The first-order valence-electron chi connectivity index (χ1n) is 5.60. The minimum Gasteiger partial charge on any atom is -0.389 e. The molecule has 98 valence electrons. The summed E-state index contributed by atoms with van der Waals surface area (Å²) < 4.78 is 1.88. The molecule has 0 aliphatic heterocycles. The highest BCUT2D eigenvalue weighted by Crippen LogP contribution is 2.31. The lowest BCUT2D eigenvalue weighted by atomic mass is 10.1. The van der Waals surface area contributed by atoms with E-state index in [1.807, 2.05) is 37.3 Å². The molecule has 0 spiro atoms. The zero-order chi connectivity index (χ0) is 14.0. The first-order chi connectivity index (χ1) is 8.99. The smallest absolute Gasteiger partial charge is 0.107 e. The number of hydrogen-bond donors (Lipinski definition) is 2. The Morgan fingerprint density at radius 1 is 1.11 bits per heavy atom. The molecule has 0 bridgehead atoms. The van der Waals surface area contributed by atoms with Crippen molar-refractivity contribution in [1.82, 2.24) is 0 Å². The topological polar surface area (TPSA) is 38.0 Å². The first kappa shape index (κ1) is 14.5. The molecule has 0 amide bonds. The summed E-state index contributed by atoms with van der Waals surface area (Å²) in [6.45, 7) is 2.05. The maximum atomic E-state index is 5.78. The van der Waals surface area contributed by atoms with E-state index < -0.39 is 0 Å². The molecule has 2 aromatic rings. The second-order valence-corrected chi connectivity index (χ2v) is 6.28. The Kier molecular flexibility index (Phi) is 4.60. The van der Waals surface area contributed by atoms with Crippen LogP contribution in [0.15, 0.2) is 45.3 Å². The van der Waals surface area contributed by atoms with Gasteiger partial charge >= 0.3 is 0 Å². The second kappa shape index (κ2) is 6.03. The van der Waals surface area contributed by atoms with Crippen molar-refractivity contribution < 1.29 is 0 Å². The lowest BCUT2D eigenvalue weighted by molar-refractivity contribution is 1.42. The number of nitrogens with two attached hydrogens (primary N) is 1. The van der Waals surface area contributed by atoms with Gasteiger partial charge in [-0.25, -0.2) is 0 Å². The molecule has 19 heavy (non-hydrogen) atoms. The summed E-state index contributed by atoms with van der Waals surface area (Å²) in [5.41, 5.74) is 9.64. The SMILES string of the molecule is Cc1ccc(Nc2cccc(Br)c2C(N)=S)c(Br)c1. The highest BCUT2D eigenvalue weighted by Gasteiger charge is 2.10. The van der Waals surface area contributed by atoms with E-state index in [4.69, 9.17) is 18.0 Å². The van der Waals surface area contributed by atoms with Crippen LogP contribution in [0.1, 0.15) is 11.1 Å². The van der Waals surface area contributed by atoms with E-state index in [1.54, 1.807) is 0 Å². The summed E-state index contributed by atoms with van der Waals surface area (Å²) in [6.07, 6.45) is 0. The van der Waals surface area contributed by atoms with Crippen LogP contribution in [0.25, 0.3) is 0 Å². The Bertz CT molecular complexity index is 641. The van der Waals surface area contributed by atoms with Crippen molar-refractivity contribution in [2.24, 2.45) is 5.73 Å². The summed E-state index contributed by atoms with van der Waals surface area (Å²) in [5, 5.41) is 3.35. The van der Waals surface area contributed by atoms with Gasteiger partial charge in [0.2, 0.25) is 0 Å². The van der Waals surface area contributed by atoms with Gasteiger partial charge in [0, 0.05) is 20.2 Å². The average Bonchev–Trinajstić information content (AvgIpc) is 2.32. The zero-order valence-electron chi connectivity index (χ0n) is 10.2. The van der Waals surface area contributed by atoms with Crippen LogP contribution in [0, 0.1) is 6.92 Å². The molecule has 2 nitrogen and oxygen atoms in total. The van der Waals surface area contributed by atoms with E-state index in [2.05, 4.69) is 43.2 Å². The number of nitrogens with one attached hydrogen (secondary N) is 1. The second-order valence-electron chi connectivity index (χ2n) is 4.13. The lowest BCUT2D eigenvalue weighted by Crippen LogP contribution is -2.12. The number of anilines is 2. The van der Waals surface area contributed by atoms with Crippen molar-refractivity contribution in [3.05, 3.63) is 56.5 Å². The fourth-order valence-corrected chi connectivity index (χ4v) is 3.27.